The number of nitrogens with zero attached hydrogens (tertiary/aromatic N) is 1. The van der Waals surface area contributed by atoms with Crippen LogP contribution in [0.3, 0.4) is 0 Å². The minimum Gasteiger partial charge on any atom is -0.550 e. The number of hydrogen-bond acceptors (Lipinski definition) is 4. The summed E-state index contributed by atoms with van der Waals surface area (Å²) in [7, 11) is 0. The van der Waals surface area contributed by atoms with Crippen LogP contribution in [0.1, 0.15) is 71.6 Å². The van der Waals surface area contributed by atoms with Crippen LogP contribution in [-0.2, 0) is 9.59 Å². The van der Waals surface area contributed by atoms with Crippen LogP contribution in [0.2, 0.25) is 0 Å². The maximum Gasteiger partial charge on any atom is 1.00 e. The number of fused-ring (bicyclic) bond motifs is 5. The van der Waals surface area contributed by atoms with Gasteiger partial charge >= 0.3 is 29.6 Å². The summed E-state index contributed by atoms with van der Waals surface area (Å²) in [6, 6.07) is 2.18. The third-order valence-electron chi connectivity index (χ3n) is 8.57. The van der Waals surface area contributed by atoms with Gasteiger partial charge in [-0.1, -0.05) is 19.4 Å². The molecule has 144 valence electrons. The fourth-order valence-corrected chi connectivity index (χ4v) is 7.23. The number of rotatable bonds is 2. The second-order valence-electron chi connectivity index (χ2n) is 9.58. The van der Waals surface area contributed by atoms with E-state index < -0.39 is 5.97 Å². The van der Waals surface area contributed by atoms with Crippen molar-refractivity contribution in [2.45, 2.75) is 71.6 Å². The normalized spacial score (nSPS) is 40.8. The number of allylic oxidation sites excluding steroid dienone is 2. The molecule has 0 spiro atoms. The van der Waals surface area contributed by atoms with Crippen LogP contribution in [0, 0.1) is 39.9 Å². The van der Waals surface area contributed by atoms with Crippen molar-refractivity contribution in [3.8, 4) is 6.07 Å². The van der Waals surface area contributed by atoms with Gasteiger partial charge in [-0.2, -0.15) is 5.26 Å². The zero-order valence-electron chi connectivity index (χ0n) is 17.3. The van der Waals surface area contributed by atoms with E-state index in [0.717, 1.165) is 50.5 Å². The number of hydrogen-bond donors (Lipinski definition) is 0. The van der Waals surface area contributed by atoms with Crippen molar-refractivity contribution >= 4 is 11.8 Å². The van der Waals surface area contributed by atoms with E-state index in [0.29, 0.717) is 29.7 Å². The molecule has 0 amide bonds. The molecular formula is C23H28NNaO3. The van der Waals surface area contributed by atoms with E-state index in [4.69, 9.17) is 0 Å². The first-order valence-corrected chi connectivity index (χ1v) is 10.4. The van der Waals surface area contributed by atoms with Crippen LogP contribution in [-0.4, -0.2) is 11.8 Å². The maximum absolute atomic E-state index is 11.9. The molecule has 28 heavy (non-hydrogen) atoms. The molecule has 3 saturated carbocycles. The summed E-state index contributed by atoms with van der Waals surface area (Å²) in [5.41, 5.74) is 2.98. The maximum atomic E-state index is 11.9. The number of carboxylic acids is 1. The Morgan fingerprint density at radius 1 is 1.14 bits per heavy atom. The third-order valence-corrected chi connectivity index (χ3v) is 8.57. The van der Waals surface area contributed by atoms with E-state index in [1.807, 2.05) is 6.08 Å². The Labute approximate surface area is 189 Å². The molecule has 0 saturated heterocycles. The first-order chi connectivity index (χ1) is 12.8. The topological polar surface area (TPSA) is 81.0 Å². The molecule has 4 nitrogen and oxygen atoms in total. The minimum atomic E-state index is -1.16. The smallest absolute Gasteiger partial charge is 0.550 e. The van der Waals surface area contributed by atoms with Crippen molar-refractivity contribution in [1.29, 1.82) is 5.26 Å². The van der Waals surface area contributed by atoms with E-state index in [1.54, 1.807) is 0 Å². The average molecular weight is 389 g/mol. The number of carbonyl (C=O) groups is 2. The van der Waals surface area contributed by atoms with Gasteiger partial charge < -0.3 is 9.90 Å². The SMILES string of the molecule is C[C@]12CCC(=O)C=C1CC[C@@H]1[C@@H]2CC[C@]2(C)/C(=C(\C#N)CC(=O)[O-])CC[C@@H]12.[Na+]. The van der Waals surface area contributed by atoms with Crippen LogP contribution >= 0.6 is 0 Å². The summed E-state index contributed by atoms with van der Waals surface area (Å²) in [5, 5.41) is 20.7. The molecule has 0 bridgehead atoms. The Morgan fingerprint density at radius 2 is 1.86 bits per heavy atom. The molecule has 0 radical (unpaired) electrons. The summed E-state index contributed by atoms with van der Waals surface area (Å²) >= 11 is 0. The van der Waals surface area contributed by atoms with Crippen molar-refractivity contribution in [3.05, 3.63) is 22.8 Å². The van der Waals surface area contributed by atoms with Gasteiger partial charge in [0.15, 0.2) is 5.78 Å². The molecule has 0 N–H and O–H groups in total. The van der Waals surface area contributed by atoms with Gasteiger partial charge in [0.25, 0.3) is 0 Å². The fourth-order valence-electron chi connectivity index (χ4n) is 7.23. The van der Waals surface area contributed by atoms with Gasteiger partial charge in [0.2, 0.25) is 0 Å². The molecule has 5 atom stereocenters. The number of aliphatic carboxylic acids is 1. The van der Waals surface area contributed by atoms with Crippen LogP contribution in [0.25, 0.3) is 0 Å². The van der Waals surface area contributed by atoms with Crippen molar-refractivity contribution < 1.29 is 44.3 Å². The molecule has 5 heteroatoms. The third kappa shape index (κ3) is 3.24. The number of nitriles is 1. The standard InChI is InChI=1S/C23H29NO3.Na/c1-22-9-7-16(25)12-15(22)3-4-17-19-6-5-18(14(13-24)11-21(26)27)23(19,2)10-8-20(17)22;/h12,17,19-20H,3-11H2,1-2H3,(H,26,27);/q;+1/p-1/b18-14-;/t17-,19-,20-,22-,23+;/m0./s1. The average Bonchev–Trinajstić information content (AvgIpc) is 2.97. The summed E-state index contributed by atoms with van der Waals surface area (Å²) in [6.45, 7) is 4.63. The van der Waals surface area contributed by atoms with Crippen molar-refractivity contribution in [1.82, 2.24) is 0 Å². The molecule has 3 fully saturated rings. The monoisotopic (exact) mass is 389 g/mol. The molecular weight excluding hydrogens is 361 g/mol. The van der Waals surface area contributed by atoms with Crippen LogP contribution in [0.5, 0.6) is 0 Å². The van der Waals surface area contributed by atoms with E-state index in [9.17, 15) is 20.0 Å². The molecule has 0 aromatic carbocycles. The van der Waals surface area contributed by atoms with Gasteiger partial charge in [0, 0.05) is 24.4 Å². The predicted octanol–water partition coefficient (Wildman–Crippen LogP) is 0.482. The van der Waals surface area contributed by atoms with Gasteiger partial charge in [-0.05, 0) is 85.2 Å². The Morgan fingerprint density at radius 3 is 2.54 bits per heavy atom. The predicted molar refractivity (Wildman–Crippen MR) is 99.0 cm³/mol. The summed E-state index contributed by atoms with van der Waals surface area (Å²) in [6.07, 6.45) is 9.47. The van der Waals surface area contributed by atoms with Gasteiger partial charge in [-0.15, -0.1) is 0 Å². The van der Waals surface area contributed by atoms with E-state index in [2.05, 4.69) is 19.9 Å². The summed E-state index contributed by atoms with van der Waals surface area (Å²) in [5.74, 6) is 0.863. The fraction of sp³-hybridized carbons (Fsp3) is 0.696. The number of ketones is 1. The molecule has 0 heterocycles. The van der Waals surface area contributed by atoms with Crippen molar-refractivity contribution in [3.63, 3.8) is 0 Å². The quantitative estimate of drug-likeness (QED) is 0.508. The Balaban J connectivity index is 0.00000225. The number of carbonyl (C=O) groups excluding carboxylic acids is 2. The van der Waals surface area contributed by atoms with Crippen LogP contribution in [0.4, 0.5) is 0 Å². The summed E-state index contributed by atoms with van der Waals surface area (Å²) < 4.78 is 0. The number of carboxylic acid groups (broad SMARTS) is 1. The Hall–Kier alpha value is -0.890. The van der Waals surface area contributed by atoms with Gasteiger partial charge in [-0.3, -0.25) is 4.79 Å². The van der Waals surface area contributed by atoms with Gasteiger partial charge in [0.1, 0.15) is 0 Å². The van der Waals surface area contributed by atoms with Crippen LogP contribution < -0.4 is 34.7 Å². The summed E-state index contributed by atoms with van der Waals surface area (Å²) in [4.78, 5) is 23.0. The zero-order chi connectivity index (χ0) is 19.4. The minimum absolute atomic E-state index is 0. The van der Waals surface area contributed by atoms with Crippen molar-refractivity contribution in [2.24, 2.45) is 28.6 Å². The Kier molecular flexibility index (Phi) is 6.03. The zero-order valence-corrected chi connectivity index (χ0v) is 19.3. The molecule has 4 aliphatic carbocycles. The van der Waals surface area contributed by atoms with Gasteiger partial charge in [0.05, 0.1) is 6.07 Å². The second kappa shape index (κ2) is 7.74. The van der Waals surface area contributed by atoms with E-state index in [1.165, 1.54) is 5.57 Å². The van der Waals surface area contributed by atoms with Crippen molar-refractivity contribution in [2.75, 3.05) is 0 Å². The molecule has 0 unspecified atom stereocenters. The molecule has 4 rings (SSSR count). The molecule has 0 aromatic heterocycles. The second-order valence-corrected chi connectivity index (χ2v) is 9.58. The molecule has 0 aliphatic heterocycles. The van der Waals surface area contributed by atoms with Crippen LogP contribution in [0.15, 0.2) is 22.8 Å². The molecule has 0 aromatic rings. The first kappa shape index (κ1) is 21.8. The van der Waals surface area contributed by atoms with E-state index in [-0.39, 0.29) is 52.6 Å². The van der Waals surface area contributed by atoms with E-state index >= 15 is 0 Å². The van der Waals surface area contributed by atoms with Gasteiger partial charge in [-0.25, -0.2) is 0 Å². The molecule has 4 aliphatic rings. The largest absolute Gasteiger partial charge is 1.00 e. The first-order valence-electron chi connectivity index (χ1n) is 10.4. The Bertz CT molecular complexity index is 807.